The molecule has 1 nitrogen and oxygen atoms in total. The van der Waals surface area contributed by atoms with Gasteiger partial charge in [-0.1, -0.05) is 66.7 Å². The Kier molecular flexibility index (Phi) is 4.13. The van der Waals surface area contributed by atoms with Crippen LogP contribution in [0.3, 0.4) is 0 Å². The summed E-state index contributed by atoms with van der Waals surface area (Å²) in [7, 11) is -2.48. The normalized spacial score (nSPS) is 13.8. The average Bonchev–Trinajstić information content (AvgIpc) is 2.41. The van der Waals surface area contributed by atoms with Crippen molar-refractivity contribution in [1.29, 1.82) is 0 Å². The smallest absolute Gasteiger partial charge is 0.228 e. The van der Waals surface area contributed by atoms with E-state index in [0.29, 0.717) is 6.04 Å². The van der Waals surface area contributed by atoms with Crippen molar-refractivity contribution >= 4 is 13.5 Å². The van der Waals surface area contributed by atoms with Gasteiger partial charge in [-0.25, -0.2) is 0 Å². The summed E-state index contributed by atoms with van der Waals surface area (Å²) in [5, 5.41) is 1.08. The average molecular weight is 254 g/mol. The summed E-state index contributed by atoms with van der Waals surface area (Å²) in [5.41, 5.74) is 1.19. The van der Waals surface area contributed by atoms with E-state index in [2.05, 4.69) is 18.7 Å². The Labute approximate surface area is 110 Å². The van der Waals surface area contributed by atoms with Gasteiger partial charge in [-0.2, -0.15) is 0 Å². The van der Waals surface area contributed by atoms with E-state index in [1.165, 1.54) is 5.56 Å². The van der Waals surface area contributed by atoms with Gasteiger partial charge < -0.3 is 4.80 Å². The summed E-state index contributed by atoms with van der Waals surface area (Å²) < 4.78 is 0. The zero-order valence-electron chi connectivity index (χ0n) is 10.4. The van der Waals surface area contributed by atoms with Gasteiger partial charge in [-0.3, -0.25) is 0 Å². The highest BCUT2D eigenvalue weighted by atomic mass is 28.4. The van der Waals surface area contributed by atoms with Crippen LogP contribution >= 0.6 is 0 Å². The van der Waals surface area contributed by atoms with Crippen LogP contribution in [0.5, 0.6) is 0 Å². The predicted molar refractivity (Wildman–Crippen MR) is 79.2 cm³/mol. The fourth-order valence-electron chi connectivity index (χ4n) is 2.21. The van der Waals surface area contributed by atoms with Gasteiger partial charge in [0.2, 0.25) is 8.32 Å². The number of hydrogen-bond donors (Lipinski definition) is 1. The molecule has 92 valence electrons. The van der Waals surface area contributed by atoms with Crippen LogP contribution in [0.15, 0.2) is 73.3 Å². The predicted octanol–water partition coefficient (Wildman–Crippen LogP) is 2.80. The summed E-state index contributed by atoms with van der Waals surface area (Å²) in [5.74, 6) is 0. The lowest BCUT2D eigenvalue weighted by Crippen LogP contribution is -2.50. The minimum atomic E-state index is -2.48. The molecular formula is C16H18OSi. The molecule has 2 aromatic rings. The van der Waals surface area contributed by atoms with Crippen molar-refractivity contribution in [2.24, 2.45) is 0 Å². The monoisotopic (exact) mass is 254 g/mol. The third-order valence-electron chi connectivity index (χ3n) is 3.13. The van der Waals surface area contributed by atoms with Crippen LogP contribution in [0, 0.1) is 0 Å². The summed E-state index contributed by atoms with van der Waals surface area (Å²) in [6, 6.07) is 21.6. The number of benzene rings is 2. The molecule has 0 bridgehead atoms. The van der Waals surface area contributed by atoms with Crippen LogP contribution in [-0.4, -0.2) is 13.1 Å². The molecule has 18 heavy (non-hydrogen) atoms. The van der Waals surface area contributed by atoms with Crippen LogP contribution in [0.1, 0.15) is 5.56 Å². The maximum atomic E-state index is 11.0. The number of allylic oxidation sites excluding steroid dienone is 1. The quantitative estimate of drug-likeness (QED) is 0.642. The molecular weight excluding hydrogens is 236 g/mol. The van der Waals surface area contributed by atoms with Gasteiger partial charge >= 0.3 is 0 Å². The Morgan fingerprint density at radius 3 is 2.06 bits per heavy atom. The summed E-state index contributed by atoms with van der Waals surface area (Å²) >= 11 is 0. The molecule has 2 aromatic carbocycles. The summed E-state index contributed by atoms with van der Waals surface area (Å²) in [4.78, 5) is 11.0. The fraction of sp³-hybridized carbons (Fsp3) is 0.125. The van der Waals surface area contributed by atoms with Crippen LogP contribution in [0.2, 0.25) is 6.04 Å². The van der Waals surface area contributed by atoms with Crippen LogP contribution in [0.4, 0.5) is 0 Å². The highest BCUT2D eigenvalue weighted by molar-refractivity contribution is 6.85. The first-order valence-corrected chi connectivity index (χ1v) is 8.53. The standard InChI is InChI=1S/C16H18OSi/c1-2-13-18(17,16-11-7-4-8-12-16)14-15-9-5-3-6-10-15/h2-12,17H,1,13-14H2. The second-order valence-corrected chi connectivity index (χ2v) is 7.96. The maximum absolute atomic E-state index is 11.0. The molecule has 1 N–H and O–H groups in total. The lowest BCUT2D eigenvalue weighted by atomic mass is 10.2. The second kappa shape index (κ2) is 5.80. The molecule has 0 fully saturated rings. The summed E-state index contributed by atoms with van der Waals surface area (Å²) in [6.07, 6.45) is 1.84. The molecule has 0 spiro atoms. The molecule has 0 heterocycles. The van der Waals surface area contributed by atoms with Crippen molar-refractivity contribution in [3.05, 3.63) is 78.9 Å². The van der Waals surface area contributed by atoms with E-state index in [0.717, 1.165) is 11.2 Å². The van der Waals surface area contributed by atoms with Crippen molar-refractivity contribution in [3.8, 4) is 0 Å². The van der Waals surface area contributed by atoms with Gasteiger partial charge in [0.25, 0.3) is 0 Å². The molecule has 0 aliphatic carbocycles. The number of hydrogen-bond acceptors (Lipinski definition) is 1. The molecule has 2 rings (SSSR count). The number of rotatable bonds is 5. The van der Waals surface area contributed by atoms with E-state index < -0.39 is 8.32 Å². The van der Waals surface area contributed by atoms with E-state index in [9.17, 15) is 4.80 Å². The highest BCUT2D eigenvalue weighted by Gasteiger charge is 2.31. The van der Waals surface area contributed by atoms with Gasteiger partial charge in [0.05, 0.1) is 0 Å². The minimum absolute atomic E-state index is 0.686. The molecule has 0 aliphatic heterocycles. The van der Waals surface area contributed by atoms with Crippen molar-refractivity contribution in [2.45, 2.75) is 12.1 Å². The molecule has 1 unspecified atom stereocenters. The van der Waals surface area contributed by atoms with Crippen LogP contribution in [0.25, 0.3) is 0 Å². The molecule has 0 amide bonds. The minimum Gasteiger partial charge on any atom is -0.427 e. The Balaban J connectivity index is 2.30. The Morgan fingerprint density at radius 2 is 1.50 bits per heavy atom. The van der Waals surface area contributed by atoms with Crippen LogP contribution in [-0.2, 0) is 6.04 Å². The lowest BCUT2D eigenvalue weighted by Gasteiger charge is -2.24. The molecule has 2 heteroatoms. The van der Waals surface area contributed by atoms with E-state index in [1.807, 2.05) is 54.6 Å². The van der Waals surface area contributed by atoms with Gasteiger partial charge in [0, 0.05) is 0 Å². The second-order valence-electron chi connectivity index (χ2n) is 4.55. The molecule has 0 radical (unpaired) electrons. The maximum Gasteiger partial charge on any atom is 0.228 e. The fourth-order valence-corrected chi connectivity index (χ4v) is 5.00. The first-order chi connectivity index (χ1) is 8.74. The first kappa shape index (κ1) is 12.8. The Bertz CT molecular complexity index is 495. The van der Waals surface area contributed by atoms with E-state index >= 15 is 0 Å². The molecule has 0 saturated heterocycles. The van der Waals surface area contributed by atoms with E-state index in [1.54, 1.807) is 0 Å². The Morgan fingerprint density at radius 1 is 0.944 bits per heavy atom. The van der Waals surface area contributed by atoms with Gasteiger partial charge in [0.1, 0.15) is 0 Å². The third-order valence-corrected chi connectivity index (χ3v) is 6.50. The largest absolute Gasteiger partial charge is 0.427 e. The van der Waals surface area contributed by atoms with Crippen LogP contribution < -0.4 is 5.19 Å². The lowest BCUT2D eigenvalue weighted by molar-refractivity contribution is 0.551. The summed E-state index contributed by atoms with van der Waals surface area (Å²) in [6.45, 7) is 3.79. The van der Waals surface area contributed by atoms with E-state index in [-0.39, 0.29) is 0 Å². The van der Waals surface area contributed by atoms with Crippen molar-refractivity contribution in [2.75, 3.05) is 0 Å². The van der Waals surface area contributed by atoms with Gasteiger partial charge in [0.15, 0.2) is 0 Å². The van der Waals surface area contributed by atoms with Gasteiger partial charge in [-0.05, 0) is 22.8 Å². The molecule has 0 saturated carbocycles. The topological polar surface area (TPSA) is 20.2 Å². The van der Waals surface area contributed by atoms with Gasteiger partial charge in [-0.15, -0.1) is 6.58 Å². The molecule has 1 atom stereocenters. The highest BCUT2D eigenvalue weighted by Crippen LogP contribution is 2.14. The Hall–Kier alpha value is -1.64. The van der Waals surface area contributed by atoms with Crippen molar-refractivity contribution in [1.82, 2.24) is 0 Å². The zero-order valence-corrected chi connectivity index (χ0v) is 11.4. The first-order valence-electron chi connectivity index (χ1n) is 6.17. The van der Waals surface area contributed by atoms with E-state index in [4.69, 9.17) is 0 Å². The van der Waals surface area contributed by atoms with Crippen molar-refractivity contribution < 1.29 is 4.80 Å². The van der Waals surface area contributed by atoms with Crippen molar-refractivity contribution in [3.63, 3.8) is 0 Å². The zero-order chi connectivity index (χ0) is 12.8. The SMILES string of the molecule is C=CC[Si](O)(Cc1ccccc1)c1ccccc1. The molecule has 0 aliphatic rings. The third kappa shape index (κ3) is 2.97. The molecule has 0 aromatic heterocycles.